The second kappa shape index (κ2) is 5.81. The van der Waals surface area contributed by atoms with Gasteiger partial charge in [0, 0.05) is 37.3 Å². The predicted octanol–water partition coefficient (Wildman–Crippen LogP) is 2.62. The Bertz CT molecular complexity index is 520. The van der Waals surface area contributed by atoms with Gasteiger partial charge in [0.2, 0.25) is 0 Å². The maximum Gasteiger partial charge on any atom is 0.412 e. The van der Waals surface area contributed by atoms with Gasteiger partial charge in [-0.25, -0.2) is 0 Å². The zero-order chi connectivity index (χ0) is 14.9. The van der Waals surface area contributed by atoms with E-state index >= 15 is 0 Å². The fraction of sp³-hybridized carbons (Fsp3) is 0.643. The van der Waals surface area contributed by atoms with Gasteiger partial charge in [-0.05, 0) is 19.3 Å². The summed E-state index contributed by atoms with van der Waals surface area (Å²) in [4.78, 5) is 1.92. The Morgan fingerprint density at radius 3 is 2.81 bits per heavy atom. The van der Waals surface area contributed by atoms with E-state index in [-0.39, 0.29) is 6.42 Å². The fourth-order valence-corrected chi connectivity index (χ4v) is 2.38. The molecular weight excluding hydrogens is 283 g/mol. The predicted molar refractivity (Wildman–Crippen MR) is 70.4 cm³/mol. The molecule has 0 aromatic carbocycles. The molecule has 0 atom stereocenters. The van der Waals surface area contributed by atoms with E-state index in [0.29, 0.717) is 38.0 Å². The molecule has 2 heterocycles. The van der Waals surface area contributed by atoms with Crippen molar-refractivity contribution in [1.29, 1.82) is 0 Å². The van der Waals surface area contributed by atoms with Crippen LogP contribution in [0.1, 0.15) is 30.7 Å². The minimum Gasteiger partial charge on any atom is -0.360 e. The number of hydrogen-bond donors (Lipinski definition) is 1. The van der Waals surface area contributed by atoms with Crippen molar-refractivity contribution < 1.29 is 17.7 Å². The highest BCUT2D eigenvalue weighted by Crippen LogP contribution is 2.30. The van der Waals surface area contributed by atoms with Crippen LogP contribution in [0.2, 0.25) is 0 Å². The van der Waals surface area contributed by atoms with Gasteiger partial charge >= 0.3 is 6.18 Å². The van der Waals surface area contributed by atoms with Crippen molar-refractivity contribution in [3.05, 3.63) is 29.2 Å². The van der Waals surface area contributed by atoms with Gasteiger partial charge in [0.15, 0.2) is 5.76 Å². The second-order valence-corrected chi connectivity index (χ2v) is 5.65. The van der Waals surface area contributed by atoms with E-state index < -0.39 is 11.7 Å². The molecule has 3 rings (SSSR count). The molecular formula is C14H18F3N3O. The first kappa shape index (κ1) is 14.6. The van der Waals surface area contributed by atoms with Gasteiger partial charge in [-0.3, -0.25) is 4.90 Å². The molecule has 1 saturated carbocycles. The molecule has 0 spiro atoms. The minimum atomic E-state index is -4.19. The molecule has 4 nitrogen and oxygen atoms in total. The number of nitrogens with zero attached hydrogens (tertiary/aromatic N) is 2. The van der Waals surface area contributed by atoms with Gasteiger partial charge in [-0.2, -0.15) is 13.2 Å². The quantitative estimate of drug-likeness (QED) is 0.849. The van der Waals surface area contributed by atoms with Crippen molar-refractivity contribution in [3.8, 4) is 0 Å². The highest BCUT2D eigenvalue weighted by Gasteiger charge is 2.34. The summed E-state index contributed by atoms with van der Waals surface area (Å²) in [5, 5.41) is 7.32. The summed E-state index contributed by atoms with van der Waals surface area (Å²) in [6.07, 6.45) is -0.470. The Morgan fingerprint density at radius 1 is 1.38 bits per heavy atom. The summed E-state index contributed by atoms with van der Waals surface area (Å²) in [5.74, 6) is 0.700. The summed E-state index contributed by atoms with van der Waals surface area (Å²) < 4.78 is 42.8. The Morgan fingerprint density at radius 2 is 2.19 bits per heavy atom. The summed E-state index contributed by atoms with van der Waals surface area (Å²) >= 11 is 0. The van der Waals surface area contributed by atoms with Crippen molar-refractivity contribution >= 4 is 0 Å². The van der Waals surface area contributed by atoms with Crippen LogP contribution >= 0.6 is 0 Å². The minimum absolute atomic E-state index is 0.0354. The average molecular weight is 301 g/mol. The second-order valence-electron chi connectivity index (χ2n) is 5.65. The van der Waals surface area contributed by atoms with Crippen LogP contribution in [0.4, 0.5) is 13.2 Å². The van der Waals surface area contributed by atoms with E-state index in [0.717, 1.165) is 5.69 Å². The lowest BCUT2D eigenvalue weighted by molar-refractivity contribution is -0.0961. The largest absolute Gasteiger partial charge is 0.412 e. The van der Waals surface area contributed by atoms with Crippen LogP contribution in [0.15, 0.2) is 22.2 Å². The first-order chi connectivity index (χ1) is 10.0. The van der Waals surface area contributed by atoms with Crippen molar-refractivity contribution in [2.75, 3.05) is 13.1 Å². The number of aromatic nitrogens is 1. The monoisotopic (exact) mass is 301 g/mol. The van der Waals surface area contributed by atoms with Crippen molar-refractivity contribution in [2.24, 2.45) is 0 Å². The highest BCUT2D eigenvalue weighted by atomic mass is 19.4. The lowest BCUT2D eigenvalue weighted by atomic mass is 10.1. The molecule has 0 amide bonds. The molecule has 1 N–H and O–H groups in total. The van der Waals surface area contributed by atoms with E-state index in [9.17, 15) is 13.2 Å². The van der Waals surface area contributed by atoms with Crippen LogP contribution in [0.25, 0.3) is 0 Å². The summed E-state index contributed by atoms with van der Waals surface area (Å²) in [6, 6.07) is 2.48. The fourth-order valence-electron chi connectivity index (χ4n) is 2.38. The molecule has 1 aromatic heterocycles. The van der Waals surface area contributed by atoms with Crippen LogP contribution in [-0.2, 0) is 13.1 Å². The molecule has 2 aliphatic rings. The Hall–Kier alpha value is -1.34. The molecule has 0 saturated heterocycles. The molecule has 21 heavy (non-hydrogen) atoms. The van der Waals surface area contributed by atoms with Gasteiger partial charge in [-0.15, -0.1) is 0 Å². The Balaban J connectivity index is 1.49. The molecule has 0 radical (unpaired) electrons. The van der Waals surface area contributed by atoms with Crippen LogP contribution in [-0.4, -0.2) is 35.4 Å². The van der Waals surface area contributed by atoms with E-state index in [2.05, 4.69) is 10.5 Å². The van der Waals surface area contributed by atoms with Crippen molar-refractivity contribution in [3.63, 3.8) is 0 Å². The topological polar surface area (TPSA) is 41.3 Å². The van der Waals surface area contributed by atoms with E-state index in [1.165, 1.54) is 18.9 Å². The summed E-state index contributed by atoms with van der Waals surface area (Å²) in [6.45, 7) is 1.87. The molecule has 0 unspecified atom stereocenters. The lowest BCUT2D eigenvalue weighted by Gasteiger charge is -2.25. The van der Waals surface area contributed by atoms with Gasteiger partial charge in [0.1, 0.15) is 0 Å². The zero-order valence-electron chi connectivity index (χ0n) is 11.6. The number of hydrogen-bond acceptors (Lipinski definition) is 4. The molecule has 1 aromatic rings. The van der Waals surface area contributed by atoms with Crippen LogP contribution in [0, 0.1) is 0 Å². The number of halogens is 3. The number of rotatable bonds is 5. The lowest BCUT2D eigenvalue weighted by Crippen LogP contribution is -2.31. The van der Waals surface area contributed by atoms with E-state index in [4.69, 9.17) is 4.52 Å². The molecule has 116 valence electrons. The first-order valence-corrected chi connectivity index (χ1v) is 7.17. The maximum atomic E-state index is 12.5. The third kappa shape index (κ3) is 4.07. The van der Waals surface area contributed by atoms with Crippen molar-refractivity contribution in [2.45, 2.75) is 44.6 Å². The number of alkyl halides is 3. The van der Waals surface area contributed by atoms with Gasteiger partial charge in [0.25, 0.3) is 0 Å². The Kier molecular flexibility index (Phi) is 4.03. The smallest absolute Gasteiger partial charge is 0.360 e. The molecule has 7 heteroatoms. The van der Waals surface area contributed by atoms with E-state index in [1.807, 2.05) is 11.0 Å². The highest BCUT2D eigenvalue weighted by molar-refractivity contribution is 5.14. The van der Waals surface area contributed by atoms with Crippen molar-refractivity contribution in [1.82, 2.24) is 15.4 Å². The Labute approximate surface area is 121 Å². The summed E-state index contributed by atoms with van der Waals surface area (Å²) in [5.41, 5.74) is 0.422. The summed E-state index contributed by atoms with van der Waals surface area (Å²) in [7, 11) is 0. The van der Waals surface area contributed by atoms with Gasteiger partial charge < -0.3 is 9.84 Å². The normalized spacial score (nSPS) is 20.6. The third-order valence-electron chi connectivity index (χ3n) is 3.79. The van der Waals surface area contributed by atoms with Gasteiger partial charge in [-0.1, -0.05) is 11.2 Å². The zero-order valence-corrected chi connectivity index (χ0v) is 11.6. The average Bonchev–Trinajstić information content (AvgIpc) is 3.16. The first-order valence-electron chi connectivity index (χ1n) is 7.17. The SMILES string of the molecule is FC(F)(F)C1=CCN(Cc2cc(CNC3CC3)no2)CC1. The van der Waals surface area contributed by atoms with E-state index in [1.54, 1.807) is 0 Å². The molecule has 1 aliphatic carbocycles. The standard InChI is InChI=1S/C14H18F3N3O/c15-14(16,17)10-3-5-20(6-4-10)9-13-7-12(19-21-13)8-18-11-1-2-11/h3,7,11,18H,1-2,4-6,8-9H2. The molecule has 1 fully saturated rings. The molecule has 1 aliphatic heterocycles. The maximum absolute atomic E-state index is 12.5. The third-order valence-corrected chi connectivity index (χ3v) is 3.79. The van der Waals surface area contributed by atoms with Crippen LogP contribution < -0.4 is 5.32 Å². The number of nitrogens with one attached hydrogen (secondary N) is 1. The van der Waals surface area contributed by atoms with Gasteiger partial charge in [0.05, 0.1) is 12.2 Å². The molecule has 0 bridgehead atoms. The van der Waals surface area contributed by atoms with Crippen LogP contribution in [0.3, 0.4) is 0 Å². The van der Waals surface area contributed by atoms with Crippen LogP contribution in [0.5, 0.6) is 0 Å².